The van der Waals surface area contributed by atoms with Crippen molar-refractivity contribution >= 4 is 17.7 Å². The molecule has 0 amide bonds. The van der Waals surface area contributed by atoms with Crippen molar-refractivity contribution in [3.05, 3.63) is 29.3 Å². The molecule has 0 heterocycles. The highest BCUT2D eigenvalue weighted by atomic mass is 32.2. The first kappa shape index (κ1) is 11.6. The van der Waals surface area contributed by atoms with Gasteiger partial charge in [-0.1, -0.05) is 6.92 Å². The van der Waals surface area contributed by atoms with Gasteiger partial charge in [-0.3, -0.25) is 0 Å². The molecule has 1 rings (SSSR count). The Kier molecular flexibility index (Phi) is 4.19. The van der Waals surface area contributed by atoms with E-state index in [0.717, 1.165) is 10.6 Å². The molecule has 0 fully saturated rings. The van der Waals surface area contributed by atoms with Crippen LogP contribution in [0.15, 0.2) is 23.1 Å². The average molecular weight is 221 g/mol. The van der Waals surface area contributed by atoms with E-state index < -0.39 is 5.97 Å². The van der Waals surface area contributed by atoms with Crippen LogP contribution in [0.5, 0.6) is 0 Å². The van der Waals surface area contributed by atoms with Crippen LogP contribution >= 0.6 is 11.8 Å². The molecular weight excluding hydrogens is 210 g/mol. The van der Waals surface area contributed by atoms with Gasteiger partial charge in [0, 0.05) is 4.90 Å². The topological polar surface area (TPSA) is 50.1 Å². The summed E-state index contributed by atoms with van der Waals surface area (Å²) in [6.07, 6.45) is 0. The lowest BCUT2D eigenvalue weighted by molar-refractivity contribution is 0.0600. The van der Waals surface area contributed by atoms with E-state index >= 15 is 0 Å². The van der Waals surface area contributed by atoms with E-state index in [1.165, 1.54) is 13.2 Å². The molecule has 1 aromatic rings. The van der Waals surface area contributed by atoms with Crippen LogP contribution in [0.4, 0.5) is 0 Å². The first-order valence-electron chi connectivity index (χ1n) is 4.47. The predicted molar refractivity (Wildman–Crippen MR) is 58.9 cm³/mol. The molecule has 4 heteroatoms. The molecule has 0 atom stereocenters. The molecule has 0 aliphatic heterocycles. The monoisotopic (exact) mass is 221 g/mol. The number of esters is 1. The number of benzene rings is 1. The van der Waals surface area contributed by atoms with Crippen LogP contribution in [0.3, 0.4) is 0 Å². The largest absolute Gasteiger partial charge is 0.465 e. The lowest BCUT2D eigenvalue weighted by Gasteiger charge is -2.03. The maximum absolute atomic E-state index is 11.3. The summed E-state index contributed by atoms with van der Waals surface area (Å²) in [7, 11) is 1.33. The molecule has 0 aromatic heterocycles. The minimum atomic E-state index is -0.412. The Bertz CT molecular complexity index is 410. The van der Waals surface area contributed by atoms with Crippen LogP contribution in [0.25, 0.3) is 0 Å². The number of ether oxygens (including phenoxy) is 1. The second-order valence-electron chi connectivity index (χ2n) is 2.78. The van der Waals surface area contributed by atoms with E-state index in [2.05, 4.69) is 4.74 Å². The lowest BCUT2D eigenvalue weighted by Crippen LogP contribution is -2.01. The van der Waals surface area contributed by atoms with Crippen molar-refractivity contribution in [3.8, 4) is 6.07 Å². The van der Waals surface area contributed by atoms with Gasteiger partial charge in [-0.25, -0.2) is 4.79 Å². The fourth-order valence-corrected chi connectivity index (χ4v) is 1.90. The van der Waals surface area contributed by atoms with Gasteiger partial charge in [0.05, 0.1) is 24.3 Å². The van der Waals surface area contributed by atoms with Gasteiger partial charge in [0.25, 0.3) is 0 Å². The molecule has 0 saturated heterocycles. The highest BCUT2D eigenvalue weighted by molar-refractivity contribution is 7.99. The molecule has 0 aliphatic carbocycles. The molecule has 0 bridgehead atoms. The molecule has 0 spiro atoms. The number of hydrogen-bond acceptors (Lipinski definition) is 4. The summed E-state index contributed by atoms with van der Waals surface area (Å²) in [6.45, 7) is 2.02. The molecule has 0 radical (unpaired) electrons. The van der Waals surface area contributed by atoms with E-state index in [1.54, 1.807) is 23.9 Å². The third-order valence-electron chi connectivity index (χ3n) is 1.77. The van der Waals surface area contributed by atoms with Crippen molar-refractivity contribution < 1.29 is 9.53 Å². The zero-order valence-corrected chi connectivity index (χ0v) is 9.43. The van der Waals surface area contributed by atoms with Gasteiger partial charge in [0.1, 0.15) is 0 Å². The summed E-state index contributed by atoms with van der Waals surface area (Å²) in [5.74, 6) is 0.486. The predicted octanol–water partition coefficient (Wildman–Crippen LogP) is 2.46. The van der Waals surface area contributed by atoms with Gasteiger partial charge < -0.3 is 4.74 Å². The molecule has 0 N–H and O–H groups in total. The van der Waals surface area contributed by atoms with Gasteiger partial charge in [-0.2, -0.15) is 5.26 Å². The number of carbonyl (C=O) groups is 1. The fourth-order valence-electron chi connectivity index (χ4n) is 1.15. The number of thioether (sulfide) groups is 1. The van der Waals surface area contributed by atoms with Crippen molar-refractivity contribution in [1.82, 2.24) is 0 Å². The van der Waals surface area contributed by atoms with Crippen LogP contribution in [-0.2, 0) is 4.74 Å². The number of hydrogen-bond donors (Lipinski definition) is 0. The highest BCUT2D eigenvalue weighted by Gasteiger charge is 2.08. The summed E-state index contributed by atoms with van der Waals surface area (Å²) in [5.41, 5.74) is 0.904. The Labute approximate surface area is 93.0 Å². The Hall–Kier alpha value is -1.47. The summed E-state index contributed by atoms with van der Waals surface area (Å²) in [4.78, 5) is 12.2. The zero-order chi connectivity index (χ0) is 11.3. The van der Waals surface area contributed by atoms with Crippen molar-refractivity contribution in [2.75, 3.05) is 12.9 Å². The van der Waals surface area contributed by atoms with Gasteiger partial charge >= 0.3 is 5.97 Å². The first-order valence-corrected chi connectivity index (χ1v) is 5.46. The van der Waals surface area contributed by atoms with Crippen molar-refractivity contribution in [2.24, 2.45) is 0 Å². The maximum atomic E-state index is 11.3. The lowest BCUT2D eigenvalue weighted by atomic mass is 10.1. The number of rotatable bonds is 3. The third-order valence-corrected chi connectivity index (χ3v) is 2.63. The van der Waals surface area contributed by atoms with E-state index in [9.17, 15) is 4.79 Å². The van der Waals surface area contributed by atoms with Crippen LogP contribution in [0.1, 0.15) is 22.8 Å². The molecule has 78 valence electrons. The molecule has 0 aliphatic rings. The minimum Gasteiger partial charge on any atom is -0.465 e. The molecule has 15 heavy (non-hydrogen) atoms. The molecule has 0 saturated carbocycles. The van der Waals surface area contributed by atoms with Gasteiger partial charge in [0.2, 0.25) is 0 Å². The van der Waals surface area contributed by atoms with E-state index in [4.69, 9.17) is 5.26 Å². The zero-order valence-electron chi connectivity index (χ0n) is 8.61. The van der Waals surface area contributed by atoms with Crippen LogP contribution in [0, 0.1) is 11.3 Å². The smallest absolute Gasteiger partial charge is 0.337 e. The summed E-state index contributed by atoms with van der Waals surface area (Å²) >= 11 is 1.59. The first-order chi connectivity index (χ1) is 7.21. The van der Waals surface area contributed by atoms with Crippen molar-refractivity contribution in [2.45, 2.75) is 11.8 Å². The average Bonchev–Trinajstić information content (AvgIpc) is 2.28. The Morgan fingerprint density at radius 3 is 2.80 bits per heavy atom. The second kappa shape index (κ2) is 5.42. The van der Waals surface area contributed by atoms with E-state index in [0.29, 0.717) is 11.1 Å². The second-order valence-corrected chi connectivity index (χ2v) is 4.12. The standard InChI is InChI=1S/C11H11NO2S/c1-3-15-10-5-8(7-12)4-9(6-10)11(13)14-2/h4-6H,3H2,1-2H3. The Morgan fingerprint density at radius 2 is 2.27 bits per heavy atom. The number of nitrogens with zero attached hydrogens (tertiary/aromatic N) is 1. The van der Waals surface area contributed by atoms with Gasteiger partial charge in [0.15, 0.2) is 0 Å². The van der Waals surface area contributed by atoms with Crippen molar-refractivity contribution in [1.29, 1.82) is 5.26 Å². The third kappa shape index (κ3) is 3.00. The summed E-state index contributed by atoms with van der Waals surface area (Å²) < 4.78 is 4.61. The molecule has 0 unspecified atom stereocenters. The summed E-state index contributed by atoms with van der Waals surface area (Å²) in [5, 5.41) is 8.80. The minimum absolute atomic E-state index is 0.412. The van der Waals surface area contributed by atoms with Crippen LogP contribution < -0.4 is 0 Å². The fraction of sp³-hybridized carbons (Fsp3) is 0.273. The number of methoxy groups -OCH3 is 1. The Morgan fingerprint density at radius 1 is 1.53 bits per heavy atom. The van der Waals surface area contributed by atoms with E-state index in [1.807, 2.05) is 13.0 Å². The van der Waals surface area contributed by atoms with Crippen molar-refractivity contribution in [3.63, 3.8) is 0 Å². The maximum Gasteiger partial charge on any atom is 0.337 e. The van der Waals surface area contributed by atoms with E-state index in [-0.39, 0.29) is 0 Å². The van der Waals surface area contributed by atoms with Gasteiger partial charge in [-0.05, 0) is 24.0 Å². The molecular formula is C11H11NO2S. The number of carbonyl (C=O) groups excluding carboxylic acids is 1. The Balaban J connectivity index is 3.12. The van der Waals surface area contributed by atoms with Crippen LogP contribution in [0.2, 0.25) is 0 Å². The quantitative estimate of drug-likeness (QED) is 0.581. The summed E-state index contributed by atoms with van der Waals surface area (Å²) in [6, 6.07) is 7.06. The highest BCUT2D eigenvalue weighted by Crippen LogP contribution is 2.21. The van der Waals surface area contributed by atoms with Crippen LogP contribution in [-0.4, -0.2) is 18.8 Å². The number of nitriles is 1. The van der Waals surface area contributed by atoms with Gasteiger partial charge in [-0.15, -0.1) is 11.8 Å². The molecule has 3 nitrogen and oxygen atoms in total. The molecule has 1 aromatic carbocycles. The SMILES string of the molecule is CCSc1cc(C#N)cc(C(=O)OC)c1. The normalized spacial score (nSPS) is 9.40.